The van der Waals surface area contributed by atoms with Gasteiger partial charge in [0.05, 0.1) is 12.7 Å². The summed E-state index contributed by atoms with van der Waals surface area (Å²) in [5, 5.41) is 2.52. The third-order valence-corrected chi connectivity index (χ3v) is 3.95. The van der Waals surface area contributed by atoms with Gasteiger partial charge in [0.1, 0.15) is 6.04 Å². The van der Waals surface area contributed by atoms with E-state index in [1.165, 1.54) is 7.11 Å². The summed E-state index contributed by atoms with van der Waals surface area (Å²) in [6.07, 6.45) is -4.26. The lowest BCUT2D eigenvalue weighted by Gasteiger charge is -2.18. The molecule has 0 unspecified atom stereocenters. The van der Waals surface area contributed by atoms with E-state index in [2.05, 4.69) is 5.32 Å². The van der Waals surface area contributed by atoms with Crippen LogP contribution in [0.5, 0.6) is 0 Å². The summed E-state index contributed by atoms with van der Waals surface area (Å²) in [4.78, 5) is 24.3. The van der Waals surface area contributed by atoms with E-state index in [9.17, 15) is 22.8 Å². The van der Waals surface area contributed by atoms with Gasteiger partial charge in [-0.3, -0.25) is 4.79 Å². The number of benzene rings is 2. The molecular formula is C19H18F3NO3. The molecule has 0 saturated heterocycles. The van der Waals surface area contributed by atoms with Crippen molar-refractivity contribution in [2.24, 2.45) is 0 Å². The normalized spacial score (nSPS) is 12.3. The third kappa shape index (κ3) is 4.84. The minimum Gasteiger partial charge on any atom is -0.467 e. The highest BCUT2D eigenvalue weighted by molar-refractivity contribution is 5.96. The highest BCUT2D eigenvalue weighted by Gasteiger charge is 2.30. The molecule has 0 aromatic heterocycles. The number of alkyl halides is 3. The monoisotopic (exact) mass is 365 g/mol. The van der Waals surface area contributed by atoms with E-state index in [-0.39, 0.29) is 12.0 Å². The van der Waals surface area contributed by atoms with Crippen molar-refractivity contribution >= 4 is 11.9 Å². The molecule has 0 bridgehead atoms. The molecule has 0 heterocycles. The van der Waals surface area contributed by atoms with Crippen LogP contribution < -0.4 is 5.32 Å². The fraction of sp³-hybridized carbons (Fsp3) is 0.263. The molecule has 0 fully saturated rings. The van der Waals surface area contributed by atoms with Crippen LogP contribution in [0, 0.1) is 6.92 Å². The van der Waals surface area contributed by atoms with E-state index >= 15 is 0 Å². The first-order valence-corrected chi connectivity index (χ1v) is 7.83. The molecule has 1 N–H and O–H groups in total. The fourth-order valence-corrected chi connectivity index (χ4v) is 2.45. The van der Waals surface area contributed by atoms with E-state index in [0.29, 0.717) is 0 Å². The summed E-state index contributed by atoms with van der Waals surface area (Å²) < 4.78 is 42.5. The van der Waals surface area contributed by atoms with E-state index in [1.807, 2.05) is 31.2 Å². The van der Waals surface area contributed by atoms with Crippen LogP contribution in [0.2, 0.25) is 0 Å². The van der Waals surface area contributed by atoms with Crippen molar-refractivity contribution in [3.05, 3.63) is 70.8 Å². The van der Waals surface area contributed by atoms with Crippen LogP contribution in [-0.4, -0.2) is 25.0 Å². The van der Waals surface area contributed by atoms with Crippen LogP contribution in [0.15, 0.2) is 48.5 Å². The zero-order valence-electron chi connectivity index (χ0n) is 14.3. The second-order valence-corrected chi connectivity index (χ2v) is 5.75. The standard InChI is InChI=1S/C19H18F3NO3/c1-12-5-3-4-6-14(12)11-16(18(25)26-2)23-17(24)13-7-9-15(10-8-13)19(20,21)22/h3-10,16H,11H2,1-2H3,(H,23,24)/t16-/m1/s1. The van der Waals surface area contributed by atoms with Gasteiger partial charge in [-0.05, 0) is 42.3 Å². The molecule has 0 spiro atoms. The van der Waals surface area contributed by atoms with Crippen molar-refractivity contribution < 1.29 is 27.5 Å². The van der Waals surface area contributed by atoms with Gasteiger partial charge in [0.15, 0.2) is 0 Å². The quantitative estimate of drug-likeness (QED) is 0.825. The molecule has 4 nitrogen and oxygen atoms in total. The van der Waals surface area contributed by atoms with E-state index in [0.717, 1.165) is 35.4 Å². The Balaban J connectivity index is 2.16. The molecular weight excluding hydrogens is 347 g/mol. The van der Waals surface area contributed by atoms with Crippen molar-refractivity contribution in [2.75, 3.05) is 7.11 Å². The maximum atomic E-state index is 12.6. The van der Waals surface area contributed by atoms with E-state index < -0.39 is 29.7 Å². The molecule has 0 aliphatic carbocycles. The molecule has 7 heteroatoms. The highest BCUT2D eigenvalue weighted by atomic mass is 19.4. The Morgan fingerprint density at radius 1 is 1.08 bits per heavy atom. The summed E-state index contributed by atoms with van der Waals surface area (Å²) in [5.41, 5.74) is 0.982. The van der Waals surface area contributed by atoms with Crippen molar-refractivity contribution in [1.29, 1.82) is 0 Å². The average molecular weight is 365 g/mol. The molecule has 1 atom stereocenters. The highest BCUT2D eigenvalue weighted by Crippen LogP contribution is 2.29. The number of esters is 1. The smallest absolute Gasteiger partial charge is 0.416 e. The summed E-state index contributed by atoms with van der Waals surface area (Å²) in [5.74, 6) is -1.28. The Hall–Kier alpha value is -2.83. The number of amides is 1. The van der Waals surface area contributed by atoms with Gasteiger partial charge in [0.2, 0.25) is 0 Å². The molecule has 0 saturated carbocycles. The Labute approximate surface area is 149 Å². The first-order chi connectivity index (χ1) is 12.2. The number of aryl methyl sites for hydroxylation is 1. The molecule has 2 aromatic carbocycles. The molecule has 2 aromatic rings. The minimum atomic E-state index is -4.48. The van der Waals surface area contributed by atoms with Gasteiger partial charge < -0.3 is 10.1 Å². The van der Waals surface area contributed by atoms with Crippen molar-refractivity contribution in [2.45, 2.75) is 25.6 Å². The van der Waals surface area contributed by atoms with E-state index in [1.54, 1.807) is 0 Å². The first kappa shape index (κ1) is 19.5. The number of nitrogens with one attached hydrogen (secondary N) is 1. The van der Waals surface area contributed by atoms with Crippen LogP contribution >= 0.6 is 0 Å². The lowest BCUT2D eigenvalue weighted by Crippen LogP contribution is -2.43. The maximum absolute atomic E-state index is 12.6. The predicted molar refractivity (Wildman–Crippen MR) is 89.6 cm³/mol. The van der Waals surface area contributed by atoms with Gasteiger partial charge in [-0.15, -0.1) is 0 Å². The zero-order chi connectivity index (χ0) is 19.3. The number of ether oxygens (including phenoxy) is 1. The first-order valence-electron chi connectivity index (χ1n) is 7.83. The molecule has 2 rings (SSSR count). The lowest BCUT2D eigenvalue weighted by molar-refractivity contribution is -0.142. The van der Waals surface area contributed by atoms with Crippen LogP contribution in [0.1, 0.15) is 27.0 Å². The fourth-order valence-electron chi connectivity index (χ4n) is 2.45. The molecule has 0 aliphatic heterocycles. The third-order valence-electron chi connectivity index (χ3n) is 3.95. The maximum Gasteiger partial charge on any atom is 0.416 e. The van der Waals surface area contributed by atoms with Crippen LogP contribution in [0.3, 0.4) is 0 Å². The zero-order valence-corrected chi connectivity index (χ0v) is 14.3. The Morgan fingerprint density at radius 3 is 2.23 bits per heavy atom. The van der Waals surface area contributed by atoms with Crippen LogP contribution in [-0.2, 0) is 22.1 Å². The number of hydrogen-bond donors (Lipinski definition) is 1. The van der Waals surface area contributed by atoms with Gasteiger partial charge in [-0.1, -0.05) is 24.3 Å². The van der Waals surface area contributed by atoms with Crippen LogP contribution in [0.25, 0.3) is 0 Å². The van der Waals surface area contributed by atoms with Crippen molar-refractivity contribution in [1.82, 2.24) is 5.32 Å². The summed E-state index contributed by atoms with van der Waals surface area (Å²) in [6.45, 7) is 1.88. The van der Waals surface area contributed by atoms with Gasteiger partial charge >= 0.3 is 12.1 Å². The Morgan fingerprint density at radius 2 is 1.69 bits per heavy atom. The van der Waals surface area contributed by atoms with Gasteiger partial charge in [0.25, 0.3) is 5.91 Å². The SMILES string of the molecule is COC(=O)[C@@H](Cc1ccccc1C)NC(=O)c1ccc(C(F)(F)F)cc1. The Kier molecular flexibility index (Phi) is 6.02. The summed E-state index contributed by atoms with van der Waals surface area (Å²) in [6, 6.07) is 10.2. The molecule has 26 heavy (non-hydrogen) atoms. The van der Waals surface area contributed by atoms with Crippen molar-refractivity contribution in [3.63, 3.8) is 0 Å². The largest absolute Gasteiger partial charge is 0.467 e. The van der Waals surface area contributed by atoms with Crippen molar-refractivity contribution in [3.8, 4) is 0 Å². The molecule has 138 valence electrons. The molecule has 0 aliphatic rings. The summed E-state index contributed by atoms with van der Waals surface area (Å²) >= 11 is 0. The number of rotatable bonds is 5. The van der Waals surface area contributed by atoms with Gasteiger partial charge in [0, 0.05) is 12.0 Å². The minimum absolute atomic E-state index is 0.0247. The number of carbonyl (C=O) groups is 2. The average Bonchev–Trinajstić information content (AvgIpc) is 2.61. The van der Waals surface area contributed by atoms with Gasteiger partial charge in [-0.25, -0.2) is 4.79 Å². The molecule has 1 amide bonds. The lowest BCUT2D eigenvalue weighted by atomic mass is 10.0. The van der Waals surface area contributed by atoms with E-state index in [4.69, 9.17) is 4.74 Å². The predicted octanol–water partition coefficient (Wildman–Crippen LogP) is 3.53. The topological polar surface area (TPSA) is 55.4 Å². The second kappa shape index (κ2) is 8.03. The number of carbonyl (C=O) groups excluding carboxylic acids is 2. The van der Waals surface area contributed by atoms with Crippen LogP contribution in [0.4, 0.5) is 13.2 Å². The number of halogens is 3. The van der Waals surface area contributed by atoms with Gasteiger partial charge in [-0.2, -0.15) is 13.2 Å². The number of hydrogen-bond acceptors (Lipinski definition) is 3. The summed E-state index contributed by atoms with van der Waals surface area (Å²) in [7, 11) is 1.21. The number of methoxy groups -OCH3 is 1. The second-order valence-electron chi connectivity index (χ2n) is 5.75. The Bertz CT molecular complexity index is 785. The molecule has 0 radical (unpaired) electrons.